The highest BCUT2D eigenvalue weighted by Gasteiger charge is 2.16. The van der Waals surface area contributed by atoms with Crippen LogP contribution in [-0.2, 0) is 0 Å². The molecular weight excluding hydrogens is 245 g/mol. The molecule has 0 fully saturated rings. The van der Waals surface area contributed by atoms with Gasteiger partial charge in [-0.1, -0.05) is 23.7 Å². The van der Waals surface area contributed by atoms with Crippen LogP contribution in [0.5, 0.6) is 0 Å². The Morgan fingerprint density at radius 2 is 1.94 bits per heavy atom. The lowest BCUT2D eigenvalue weighted by atomic mass is 10.1. The number of carboxylic acids is 1. The molecule has 86 valence electrons. The summed E-state index contributed by atoms with van der Waals surface area (Å²) in [6.45, 7) is 0. The number of carbonyl (C=O) groups is 1. The van der Waals surface area contributed by atoms with E-state index in [1.165, 1.54) is 30.3 Å². The van der Waals surface area contributed by atoms with Gasteiger partial charge < -0.3 is 5.11 Å². The number of hydrogen-bond donors (Lipinski definition) is 1. The Morgan fingerprint density at radius 1 is 1.24 bits per heavy atom. The van der Waals surface area contributed by atoms with Crippen molar-refractivity contribution in [2.45, 2.75) is 0 Å². The number of rotatable bonds is 2. The van der Waals surface area contributed by atoms with Crippen molar-refractivity contribution in [1.29, 1.82) is 0 Å². The minimum atomic E-state index is -1.17. The second-order valence-electron chi connectivity index (χ2n) is 3.32. The normalized spacial score (nSPS) is 10.2. The second-order valence-corrected chi connectivity index (χ2v) is 3.70. The average Bonchev–Trinajstić information content (AvgIpc) is 2.29. The summed E-state index contributed by atoms with van der Waals surface area (Å²) < 4.78 is 13.6. The molecule has 2 rings (SSSR count). The van der Waals surface area contributed by atoms with Crippen LogP contribution in [0.2, 0.25) is 5.15 Å². The van der Waals surface area contributed by atoms with E-state index in [1.54, 1.807) is 6.07 Å². The molecule has 0 aliphatic rings. The minimum absolute atomic E-state index is 0.0306. The zero-order valence-corrected chi connectivity index (χ0v) is 9.28. The van der Waals surface area contributed by atoms with Gasteiger partial charge in [0.2, 0.25) is 0 Å². The number of aromatic nitrogens is 1. The standard InChI is InChI=1S/C12H7ClFNO2/c13-10-6-5-8(12(16)17)11(15-10)7-3-1-2-4-9(7)14/h1-6H,(H,16,17). The molecular formula is C12H7ClFNO2. The Labute approximate surface area is 101 Å². The molecule has 0 saturated heterocycles. The van der Waals surface area contributed by atoms with E-state index < -0.39 is 11.8 Å². The summed E-state index contributed by atoms with van der Waals surface area (Å²) in [4.78, 5) is 14.9. The monoisotopic (exact) mass is 251 g/mol. The van der Waals surface area contributed by atoms with E-state index in [4.69, 9.17) is 16.7 Å². The van der Waals surface area contributed by atoms with Crippen molar-refractivity contribution in [3.63, 3.8) is 0 Å². The fourth-order valence-corrected chi connectivity index (χ4v) is 1.61. The molecule has 0 saturated carbocycles. The number of carboxylic acid groups (broad SMARTS) is 1. The van der Waals surface area contributed by atoms with Crippen molar-refractivity contribution < 1.29 is 14.3 Å². The third-order valence-corrected chi connectivity index (χ3v) is 2.43. The van der Waals surface area contributed by atoms with Crippen molar-refractivity contribution in [3.8, 4) is 11.3 Å². The molecule has 0 amide bonds. The maximum Gasteiger partial charge on any atom is 0.337 e. The summed E-state index contributed by atoms with van der Waals surface area (Å²) in [6, 6.07) is 8.48. The van der Waals surface area contributed by atoms with E-state index in [0.29, 0.717) is 0 Å². The van der Waals surface area contributed by atoms with Crippen molar-refractivity contribution in [2.24, 2.45) is 0 Å². The molecule has 0 spiro atoms. The topological polar surface area (TPSA) is 50.2 Å². The van der Waals surface area contributed by atoms with Gasteiger partial charge >= 0.3 is 5.97 Å². The number of pyridine rings is 1. The van der Waals surface area contributed by atoms with E-state index >= 15 is 0 Å². The Morgan fingerprint density at radius 3 is 2.59 bits per heavy atom. The van der Waals surface area contributed by atoms with Crippen LogP contribution in [0.3, 0.4) is 0 Å². The van der Waals surface area contributed by atoms with Crippen LogP contribution in [0, 0.1) is 5.82 Å². The number of hydrogen-bond acceptors (Lipinski definition) is 2. The largest absolute Gasteiger partial charge is 0.478 e. The Balaban J connectivity index is 2.70. The first kappa shape index (κ1) is 11.5. The fraction of sp³-hybridized carbons (Fsp3) is 0. The van der Waals surface area contributed by atoms with E-state index in [1.807, 2.05) is 0 Å². The summed E-state index contributed by atoms with van der Waals surface area (Å²) in [5.41, 5.74) is 0.0648. The van der Waals surface area contributed by atoms with Gasteiger partial charge in [-0.25, -0.2) is 14.2 Å². The van der Waals surface area contributed by atoms with E-state index in [-0.39, 0.29) is 22.0 Å². The van der Waals surface area contributed by atoms with Crippen LogP contribution in [0.25, 0.3) is 11.3 Å². The molecule has 0 aliphatic carbocycles. The molecule has 1 aromatic heterocycles. The predicted molar refractivity (Wildman–Crippen MR) is 61.6 cm³/mol. The van der Waals surface area contributed by atoms with Crippen molar-refractivity contribution in [3.05, 3.63) is 52.9 Å². The van der Waals surface area contributed by atoms with Gasteiger partial charge in [-0.15, -0.1) is 0 Å². The molecule has 0 bridgehead atoms. The molecule has 5 heteroatoms. The summed E-state index contributed by atoms with van der Waals surface area (Å²) >= 11 is 5.70. The predicted octanol–water partition coefficient (Wildman–Crippen LogP) is 3.24. The molecule has 0 unspecified atom stereocenters. The van der Waals surface area contributed by atoms with Crippen LogP contribution in [0.4, 0.5) is 4.39 Å². The van der Waals surface area contributed by atoms with Gasteiger partial charge in [-0.2, -0.15) is 0 Å². The van der Waals surface area contributed by atoms with Crippen molar-refractivity contribution in [1.82, 2.24) is 4.98 Å². The lowest BCUT2D eigenvalue weighted by Gasteiger charge is -2.06. The van der Waals surface area contributed by atoms with Crippen LogP contribution >= 0.6 is 11.6 Å². The molecule has 2 aromatic rings. The summed E-state index contributed by atoms with van der Waals surface area (Å²) in [5, 5.41) is 9.12. The summed E-state index contributed by atoms with van der Waals surface area (Å²) in [5.74, 6) is -1.71. The first-order chi connectivity index (χ1) is 8.09. The van der Waals surface area contributed by atoms with Crippen molar-refractivity contribution >= 4 is 17.6 Å². The van der Waals surface area contributed by atoms with Gasteiger partial charge in [0, 0.05) is 5.56 Å². The van der Waals surface area contributed by atoms with Gasteiger partial charge in [0.1, 0.15) is 11.0 Å². The first-order valence-electron chi connectivity index (χ1n) is 4.74. The molecule has 17 heavy (non-hydrogen) atoms. The third kappa shape index (κ3) is 2.26. The quantitative estimate of drug-likeness (QED) is 0.834. The second kappa shape index (κ2) is 4.51. The van der Waals surface area contributed by atoms with E-state index in [2.05, 4.69) is 4.98 Å². The third-order valence-electron chi connectivity index (χ3n) is 2.22. The van der Waals surface area contributed by atoms with Gasteiger partial charge in [-0.3, -0.25) is 0 Å². The van der Waals surface area contributed by atoms with Gasteiger partial charge in [-0.05, 0) is 24.3 Å². The molecule has 0 atom stereocenters. The molecule has 1 N–H and O–H groups in total. The molecule has 1 aromatic carbocycles. The Hall–Kier alpha value is -1.94. The van der Waals surface area contributed by atoms with Crippen molar-refractivity contribution in [2.75, 3.05) is 0 Å². The first-order valence-corrected chi connectivity index (χ1v) is 5.12. The lowest BCUT2D eigenvalue weighted by molar-refractivity contribution is 0.0697. The number of aromatic carboxylic acids is 1. The number of nitrogens with zero attached hydrogens (tertiary/aromatic N) is 1. The highest BCUT2D eigenvalue weighted by atomic mass is 35.5. The molecule has 0 radical (unpaired) electrons. The smallest absolute Gasteiger partial charge is 0.337 e. The van der Waals surface area contributed by atoms with E-state index in [0.717, 1.165) is 0 Å². The SMILES string of the molecule is O=C(O)c1ccc(Cl)nc1-c1ccccc1F. The van der Waals surface area contributed by atoms with Gasteiger partial charge in [0.15, 0.2) is 0 Å². The Bertz CT molecular complexity index is 586. The maximum absolute atomic E-state index is 13.6. The lowest BCUT2D eigenvalue weighted by Crippen LogP contribution is -2.02. The Kier molecular flexibility index (Phi) is 3.06. The fourth-order valence-electron chi connectivity index (χ4n) is 1.47. The van der Waals surface area contributed by atoms with Crippen LogP contribution in [-0.4, -0.2) is 16.1 Å². The molecule has 3 nitrogen and oxygen atoms in total. The van der Waals surface area contributed by atoms with Crippen LogP contribution in [0.15, 0.2) is 36.4 Å². The highest BCUT2D eigenvalue weighted by molar-refractivity contribution is 6.29. The zero-order valence-electron chi connectivity index (χ0n) is 8.52. The zero-order chi connectivity index (χ0) is 12.4. The molecule has 1 heterocycles. The maximum atomic E-state index is 13.6. The highest BCUT2D eigenvalue weighted by Crippen LogP contribution is 2.25. The minimum Gasteiger partial charge on any atom is -0.478 e. The van der Waals surface area contributed by atoms with Crippen LogP contribution < -0.4 is 0 Å². The van der Waals surface area contributed by atoms with Gasteiger partial charge in [0.05, 0.1) is 11.3 Å². The molecule has 0 aliphatic heterocycles. The summed E-state index contributed by atoms with van der Waals surface area (Å²) in [6.07, 6.45) is 0. The number of halogens is 2. The average molecular weight is 252 g/mol. The van der Waals surface area contributed by atoms with Gasteiger partial charge in [0.25, 0.3) is 0 Å². The van der Waals surface area contributed by atoms with Crippen LogP contribution in [0.1, 0.15) is 10.4 Å². The van der Waals surface area contributed by atoms with E-state index in [9.17, 15) is 9.18 Å². The number of benzene rings is 1. The summed E-state index contributed by atoms with van der Waals surface area (Å²) in [7, 11) is 0.